The Morgan fingerprint density at radius 3 is 2.78 bits per heavy atom. The summed E-state index contributed by atoms with van der Waals surface area (Å²) < 4.78 is 6.92. The molecule has 1 aliphatic heterocycles. The zero-order valence-electron chi connectivity index (χ0n) is 21.5. The number of nitrogens with one attached hydrogen (secondary N) is 2. The van der Waals surface area contributed by atoms with Gasteiger partial charge in [-0.05, 0) is 32.0 Å². The maximum absolute atomic E-state index is 13.3. The van der Waals surface area contributed by atoms with Crippen LogP contribution in [0.15, 0.2) is 47.7 Å². The van der Waals surface area contributed by atoms with Gasteiger partial charge in [0.25, 0.3) is 5.91 Å². The van der Waals surface area contributed by atoms with Gasteiger partial charge in [-0.2, -0.15) is 5.10 Å². The molecule has 1 aliphatic rings. The molecule has 4 N–H and O–H groups in total. The SMILES string of the molecule is COCCn1cc(-c2cc(-c3cccc(N4CCN(C(C)=O)C(C)(C)C4=O)c3)[nH]c2/C(N)=N\C=N)cn1. The van der Waals surface area contributed by atoms with Gasteiger partial charge in [0.2, 0.25) is 5.91 Å². The molecule has 194 valence electrons. The van der Waals surface area contributed by atoms with Crippen molar-refractivity contribution in [3.8, 4) is 22.4 Å². The first-order chi connectivity index (χ1) is 17.7. The largest absolute Gasteiger partial charge is 0.383 e. The van der Waals surface area contributed by atoms with Crippen molar-refractivity contribution in [2.45, 2.75) is 32.9 Å². The number of ether oxygens (including phenoxy) is 1. The molecular formula is C26H32N8O3. The van der Waals surface area contributed by atoms with Gasteiger partial charge in [-0.3, -0.25) is 19.7 Å². The number of methoxy groups -OCH3 is 1. The van der Waals surface area contributed by atoms with Gasteiger partial charge in [0.1, 0.15) is 17.7 Å². The zero-order chi connectivity index (χ0) is 26.7. The normalized spacial score (nSPS) is 15.8. The molecule has 11 nitrogen and oxygen atoms in total. The number of nitrogens with two attached hydrogens (primary N) is 1. The van der Waals surface area contributed by atoms with Crippen LogP contribution in [0.3, 0.4) is 0 Å². The molecule has 1 saturated heterocycles. The number of amidine groups is 1. The molecule has 0 aliphatic carbocycles. The highest BCUT2D eigenvalue weighted by atomic mass is 16.5. The van der Waals surface area contributed by atoms with E-state index in [9.17, 15) is 9.59 Å². The van der Waals surface area contributed by atoms with E-state index < -0.39 is 5.54 Å². The molecule has 1 aromatic carbocycles. The molecule has 37 heavy (non-hydrogen) atoms. The predicted octanol–water partition coefficient (Wildman–Crippen LogP) is 2.48. The molecule has 3 heterocycles. The third kappa shape index (κ3) is 5.03. The number of anilines is 1. The number of hydrogen-bond acceptors (Lipinski definition) is 5. The van der Waals surface area contributed by atoms with Gasteiger partial charge in [-0.25, -0.2) is 4.99 Å². The number of carbonyl (C=O) groups excluding carboxylic acids is 2. The topological polar surface area (TPSA) is 146 Å². The molecule has 0 bridgehead atoms. The monoisotopic (exact) mass is 504 g/mol. The summed E-state index contributed by atoms with van der Waals surface area (Å²) in [5, 5.41) is 11.7. The molecule has 0 atom stereocenters. The summed E-state index contributed by atoms with van der Waals surface area (Å²) >= 11 is 0. The van der Waals surface area contributed by atoms with Gasteiger partial charge >= 0.3 is 0 Å². The summed E-state index contributed by atoms with van der Waals surface area (Å²) in [7, 11) is 1.64. The second-order valence-electron chi connectivity index (χ2n) is 9.34. The number of H-pyrrole nitrogens is 1. The molecule has 4 rings (SSSR count). The molecule has 2 amide bonds. The lowest BCUT2D eigenvalue weighted by atomic mass is 9.96. The lowest BCUT2D eigenvalue weighted by Gasteiger charge is -2.45. The molecule has 11 heteroatoms. The summed E-state index contributed by atoms with van der Waals surface area (Å²) in [5.41, 5.74) is 9.81. The van der Waals surface area contributed by atoms with Gasteiger partial charge in [0.05, 0.1) is 25.0 Å². The number of benzene rings is 1. The molecule has 0 spiro atoms. The number of amides is 2. The van der Waals surface area contributed by atoms with Gasteiger partial charge in [-0.15, -0.1) is 0 Å². The van der Waals surface area contributed by atoms with Crippen LogP contribution in [-0.2, 0) is 20.9 Å². The number of rotatable bonds is 8. The second kappa shape index (κ2) is 10.4. The summed E-state index contributed by atoms with van der Waals surface area (Å²) in [5.74, 6) is -0.0768. The van der Waals surface area contributed by atoms with Gasteiger partial charge < -0.3 is 25.3 Å². The minimum absolute atomic E-state index is 0.118. The fraction of sp³-hybridized carbons (Fsp3) is 0.346. The Labute approximate surface area is 215 Å². The van der Waals surface area contributed by atoms with Crippen LogP contribution in [0.1, 0.15) is 26.5 Å². The number of piperazine rings is 1. The van der Waals surface area contributed by atoms with Crippen LogP contribution in [0.2, 0.25) is 0 Å². The third-order valence-corrected chi connectivity index (χ3v) is 6.59. The quantitative estimate of drug-likeness (QED) is 0.319. The van der Waals surface area contributed by atoms with Crippen LogP contribution in [0.25, 0.3) is 22.4 Å². The van der Waals surface area contributed by atoms with E-state index in [1.165, 1.54) is 6.92 Å². The first-order valence-electron chi connectivity index (χ1n) is 11.9. The highest BCUT2D eigenvalue weighted by Gasteiger charge is 2.43. The fourth-order valence-electron chi connectivity index (χ4n) is 4.65. The van der Waals surface area contributed by atoms with Crippen molar-refractivity contribution in [1.82, 2.24) is 19.7 Å². The highest BCUT2D eigenvalue weighted by molar-refractivity contribution is 6.06. The van der Waals surface area contributed by atoms with E-state index in [4.69, 9.17) is 15.9 Å². The maximum atomic E-state index is 13.3. The Morgan fingerprint density at radius 1 is 1.30 bits per heavy atom. The van der Waals surface area contributed by atoms with Crippen molar-refractivity contribution in [3.63, 3.8) is 0 Å². The highest BCUT2D eigenvalue weighted by Crippen LogP contribution is 2.33. The zero-order valence-corrected chi connectivity index (χ0v) is 21.5. The molecule has 0 radical (unpaired) electrons. The third-order valence-electron chi connectivity index (χ3n) is 6.59. The van der Waals surface area contributed by atoms with E-state index in [1.807, 2.05) is 36.5 Å². The van der Waals surface area contributed by atoms with Crippen LogP contribution in [0, 0.1) is 5.41 Å². The average Bonchev–Trinajstić information content (AvgIpc) is 3.52. The van der Waals surface area contributed by atoms with E-state index in [2.05, 4.69) is 15.1 Å². The number of aromatic amines is 1. The van der Waals surface area contributed by atoms with Crippen LogP contribution in [-0.4, -0.2) is 76.0 Å². The predicted molar refractivity (Wildman–Crippen MR) is 143 cm³/mol. The van der Waals surface area contributed by atoms with Crippen LogP contribution < -0.4 is 10.6 Å². The van der Waals surface area contributed by atoms with Gasteiger partial charge in [-0.1, -0.05) is 12.1 Å². The van der Waals surface area contributed by atoms with Crippen molar-refractivity contribution >= 4 is 29.7 Å². The number of nitrogens with zero attached hydrogens (tertiary/aromatic N) is 5. The first kappa shape index (κ1) is 25.8. The van der Waals surface area contributed by atoms with Crippen LogP contribution in [0.5, 0.6) is 0 Å². The molecule has 1 fully saturated rings. The molecule has 2 aromatic heterocycles. The van der Waals surface area contributed by atoms with E-state index >= 15 is 0 Å². The van der Waals surface area contributed by atoms with Crippen LogP contribution >= 0.6 is 0 Å². The minimum Gasteiger partial charge on any atom is -0.383 e. The van der Waals surface area contributed by atoms with Crippen molar-refractivity contribution in [3.05, 3.63) is 48.4 Å². The standard InChI is InChI=1S/C26H32N8O3/c1-17(35)34-9-8-33(25(36)26(34,2)3)20-7-5-6-18(12-20)22-13-21(23(31-22)24(28)29-16-27)19-14-30-32(15-19)10-11-37-4/h5-7,12-16,31H,8-11H2,1-4H3,(H3,27,28,29). The minimum atomic E-state index is -0.937. The molecule has 0 saturated carbocycles. The van der Waals surface area contributed by atoms with Crippen molar-refractivity contribution < 1.29 is 14.3 Å². The Kier molecular flexibility index (Phi) is 7.25. The van der Waals surface area contributed by atoms with E-state index in [-0.39, 0.29) is 17.6 Å². The Hall–Kier alpha value is -4.25. The Bertz CT molecular complexity index is 1350. The van der Waals surface area contributed by atoms with Crippen molar-refractivity contribution in [2.24, 2.45) is 10.7 Å². The molecular weight excluding hydrogens is 472 g/mol. The number of aromatic nitrogens is 3. The molecule has 3 aromatic rings. The number of carbonyl (C=O) groups is 2. The maximum Gasteiger partial charge on any atom is 0.252 e. The van der Waals surface area contributed by atoms with Crippen LogP contribution in [0.4, 0.5) is 5.69 Å². The Morgan fingerprint density at radius 2 is 2.08 bits per heavy atom. The van der Waals surface area contributed by atoms with E-state index in [0.717, 1.165) is 34.4 Å². The van der Waals surface area contributed by atoms with Gasteiger partial charge in [0, 0.05) is 61.4 Å². The van der Waals surface area contributed by atoms with Crippen molar-refractivity contribution in [2.75, 3.05) is 31.7 Å². The summed E-state index contributed by atoms with van der Waals surface area (Å²) in [6, 6.07) is 9.60. The second-order valence-corrected chi connectivity index (χ2v) is 9.34. The summed E-state index contributed by atoms with van der Waals surface area (Å²) in [6.07, 6.45) is 4.55. The summed E-state index contributed by atoms with van der Waals surface area (Å²) in [6.45, 7) is 7.04. The number of hydrogen-bond donors (Lipinski definition) is 3. The lowest BCUT2D eigenvalue weighted by Crippen LogP contribution is -2.64. The first-order valence-corrected chi connectivity index (χ1v) is 11.9. The lowest BCUT2D eigenvalue weighted by molar-refractivity contribution is -0.145. The fourth-order valence-corrected chi connectivity index (χ4v) is 4.65. The van der Waals surface area contributed by atoms with E-state index in [0.29, 0.717) is 31.9 Å². The Balaban J connectivity index is 1.71. The number of aliphatic imine (C=N–C) groups is 1. The average molecular weight is 505 g/mol. The van der Waals surface area contributed by atoms with E-state index in [1.54, 1.807) is 41.6 Å². The summed E-state index contributed by atoms with van der Waals surface area (Å²) in [4.78, 5) is 36.0. The molecule has 0 unspecified atom stereocenters. The smallest absolute Gasteiger partial charge is 0.252 e. The van der Waals surface area contributed by atoms with Crippen molar-refractivity contribution in [1.29, 1.82) is 5.41 Å². The van der Waals surface area contributed by atoms with Gasteiger partial charge in [0.15, 0.2) is 0 Å².